The van der Waals surface area contributed by atoms with Gasteiger partial charge >= 0.3 is 0 Å². The van der Waals surface area contributed by atoms with E-state index in [1.54, 1.807) is 41.3 Å². The average molecular weight is 369 g/mol. The predicted molar refractivity (Wildman–Crippen MR) is 98.6 cm³/mol. The van der Waals surface area contributed by atoms with Gasteiger partial charge < -0.3 is 15.5 Å². The highest BCUT2D eigenvalue weighted by Crippen LogP contribution is 2.21. The van der Waals surface area contributed by atoms with Gasteiger partial charge in [-0.3, -0.25) is 14.4 Å². The average Bonchev–Trinajstić information content (AvgIpc) is 3.10. The quantitative estimate of drug-likeness (QED) is 0.818. The van der Waals surface area contributed by atoms with Crippen LogP contribution >= 0.6 is 0 Å². The van der Waals surface area contributed by atoms with E-state index in [1.165, 1.54) is 12.1 Å². The first-order chi connectivity index (χ1) is 13.0. The van der Waals surface area contributed by atoms with Crippen LogP contribution in [0.3, 0.4) is 0 Å². The fourth-order valence-electron chi connectivity index (χ4n) is 2.89. The zero-order valence-electron chi connectivity index (χ0n) is 14.7. The summed E-state index contributed by atoms with van der Waals surface area (Å²) in [4.78, 5) is 37.4. The van der Waals surface area contributed by atoms with Crippen molar-refractivity contribution < 1.29 is 18.8 Å². The van der Waals surface area contributed by atoms with Gasteiger partial charge in [0.2, 0.25) is 11.8 Å². The molecule has 2 aromatic rings. The number of nitrogens with one attached hydrogen (secondary N) is 2. The SMILES string of the molecule is O=C(CNC(=O)c1ccc(N2CCCC2=O)cc1)NCc1cccc(F)c1. The van der Waals surface area contributed by atoms with E-state index in [4.69, 9.17) is 0 Å². The van der Waals surface area contributed by atoms with Crippen molar-refractivity contribution in [2.24, 2.45) is 0 Å². The third-order valence-corrected chi connectivity index (χ3v) is 4.30. The number of hydrogen-bond donors (Lipinski definition) is 2. The lowest BCUT2D eigenvalue weighted by molar-refractivity contribution is -0.120. The molecule has 1 aliphatic heterocycles. The second-order valence-corrected chi connectivity index (χ2v) is 6.29. The first-order valence-electron chi connectivity index (χ1n) is 8.73. The molecule has 0 aromatic heterocycles. The van der Waals surface area contributed by atoms with Crippen LogP contribution in [-0.2, 0) is 16.1 Å². The summed E-state index contributed by atoms with van der Waals surface area (Å²) in [5.41, 5.74) is 1.81. The van der Waals surface area contributed by atoms with Crippen LogP contribution in [0, 0.1) is 5.82 Å². The molecular weight excluding hydrogens is 349 g/mol. The zero-order valence-corrected chi connectivity index (χ0v) is 14.7. The van der Waals surface area contributed by atoms with Crippen molar-refractivity contribution in [2.75, 3.05) is 18.0 Å². The summed E-state index contributed by atoms with van der Waals surface area (Å²) in [6.07, 6.45) is 1.39. The molecule has 3 rings (SSSR count). The number of anilines is 1. The second-order valence-electron chi connectivity index (χ2n) is 6.29. The molecular formula is C20H20FN3O3. The Bertz CT molecular complexity index is 852. The molecule has 0 bridgehead atoms. The van der Waals surface area contributed by atoms with Crippen LogP contribution in [-0.4, -0.2) is 30.8 Å². The molecule has 0 unspecified atom stereocenters. The number of nitrogens with zero attached hydrogens (tertiary/aromatic N) is 1. The predicted octanol–water partition coefficient (Wildman–Crippen LogP) is 2.00. The lowest BCUT2D eigenvalue weighted by Crippen LogP contribution is -2.36. The van der Waals surface area contributed by atoms with Crippen LogP contribution in [0.15, 0.2) is 48.5 Å². The fourth-order valence-corrected chi connectivity index (χ4v) is 2.89. The molecule has 3 amide bonds. The highest BCUT2D eigenvalue weighted by molar-refractivity contribution is 5.98. The van der Waals surface area contributed by atoms with Gasteiger partial charge in [0.1, 0.15) is 5.82 Å². The lowest BCUT2D eigenvalue weighted by Gasteiger charge is -2.15. The summed E-state index contributed by atoms with van der Waals surface area (Å²) in [5, 5.41) is 5.16. The Morgan fingerprint density at radius 2 is 1.85 bits per heavy atom. The standard InChI is InChI=1S/C20H20FN3O3/c21-16-4-1-3-14(11-16)12-22-18(25)13-23-20(27)15-6-8-17(9-7-15)24-10-2-5-19(24)26/h1,3-4,6-9,11H,2,5,10,12-13H2,(H,22,25)(H,23,27). The van der Waals surface area contributed by atoms with Gasteiger partial charge in [-0.05, 0) is 48.4 Å². The van der Waals surface area contributed by atoms with Crippen molar-refractivity contribution >= 4 is 23.4 Å². The van der Waals surface area contributed by atoms with Gasteiger partial charge in [0.05, 0.1) is 6.54 Å². The van der Waals surface area contributed by atoms with Crippen LogP contribution in [0.5, 0.6) is 0 Å². The Hall–Kier alpha value is -3.22. The van der Waals surface area contributed by atoms with E-state index < -0.39 is 0 Å². The Kier molecular flexibility index (Phi) is 5.80. The van der Waals surface area contributed by atoms with Crippen molar-refractivity contribution in [3.8, 4) is 0 Å². The summed E-state index contributed by atoms with van der Waals surface area (Å²) in [7, 11) is 0. The maximum atomic E-state index is 13.1. The van der Waals surface area contributed by atoms with Gasteiger partial charge in [0, 0.05) is 30.8 Å². The van der Waals surface area contributed by atoms with Crippen LogP contribution in [0.1, 0.15) is 28.8 Å². The third-order valence-electron chi connectivity index (χ3n) is 4.30. The Labute approximate surface area is 156 Å². The number of benzene rings is 2. The van der Waals surface area contributed by atoms with E-state index in [9.17, 15) is 18.8 Å². The van der Waals surface area contributed by atoms with Crippen LogP contribution in [0.2, 0.25) is 0 Å². The molecule has 0 spiro atoms. The van der Waals surface area contributed by atoms with E-state index in [0.717, 1.165) is 12.1 Å². The minimum atomic E-state index is -0.379. The van der Waals surface area contributed by atoms with Crippen molar-refractivity contribution in [3.63, 3.8) is 0 Å². The van der Waals surface area contributed by atoms with Crippen LogP contribution < -0.4 is 15.5 Å². The van der Waals surface area contributed by atoms with Crippen molar-refractivity contribution in [2.45, 2.75) is 19.4 Å². The smallest absolute Gasteiger partial charge is 0.251 e. The number of hydrogen-bond acceptors (Lipinski definition) is 3. The molecule has 6 nitrogen and oxygen atoms in total. The molecule has 0 saturated carbocycles. The highest BCUT2D eigenvalue weighted by atomic mass is 19.1. The molecule has 2 aromatic carbocycles. The molecule has 0 radical (unpaired) electrons. The molecule has 27 heavy (non-hydrogen) atoms. The van der Waals surface area contributed by atoms with Gasteiger partial charge in [0.15, 0.2) is 0 Å². The molecule has 2 N–H and O–H groups in total. The first kappa shape index (κ1) is 18.6. The summed E-state index contributed by atoms with van der Waals surface area (Å²) in [5.74, 6) is -1.03. The molecule has 1 heterocycles. The zero-order chi connectivity index (χ0) is 19.2. The second kappa shape index (κ2) is 8.44. The fraction of sp³-hybridized carbons (Fsp3) is 0.250. The van der Waals surface area contributed by atoms with E-state index in [0.29, 0.717) is 24.1 Å². The minimum absolute atomic E-state index is 0.0853. The number of carbonyl (C=O) groups excluding carboxylic acids is 3. The molecule has 0 aliphatic carbocycles. The Morgan fingerprint density at radius 3 is 2.52 bits per heavy atom. The molecule has 0 atom stereocenters. The highest BCUT2D eigenvalue weighted by Gasteiger charge is 2.21. The summed E-state index contributed by atoms with van der Waals surface area (Å²) in [6.45, 7) is 0.696. The number of carbonyl (C=O) groups is 3. The molecule has 1 fully saturated rings. The van der Waals surface area contributed by atoms with E-state index >= 15 is 0 Å². The van der Waals surface area contributed by atoms with E-state index in [2.05, 4.69) is 10.6 Å². The van der Waals surface area contributed by atoms with Gasteiger partial charge in [-0.1, -0.05) is 12.1 Å². The van der Waals surface area contributed by atoms with Crippen LogP contribution in [0.4, 0.5) is 10.1 Å². The minimum Gasteiger partial charge on any atom is -0.350 e. The normalized spacial score (nSPS) is 13.5. The number of amides is 3. The lowest BCUT2D eigenvalue weighted by atomic mass is 10.2. The van der Waals surface area contributed by atoms with Crippen molar-refractivity contribution in [3.05, 3.63) is 65.5 Å². The van der Waals surface area contributed by atoms with E-state index in [1.807, 2.05) is 0 Å². The van der Waals surface area contributed by atoms with E-state index in [-0.39, 0.29) is 36.6 Å². The van der Waals surface area contributed by atoms with Gasteiger partial charge in [0.25, 0.3) is 5.91 Å². The van der Waals surface area contributed by atoms with Crippen molar-refractivity contribution in [1.29, 1.82) is 0 Å². The molecule has 140 valence electrons. The van der Waals surface area contributed by atoms with Gasteiger partial charge in [-0.15, -0.1) is 0 Å². The summed E-state index contributed by atoms with van der Waals surface area (Å²) in [6, 6.07) is 12.6. The topological polar surface area (TPSA) is 78.5 Å². The Morgan fingerprint density at radius 1 is 1.07 bits per heavy atom. The maximum absolute atomic E-state index is 13.1. The monoisotopic (exact) mass is 369 g/mol. The molecule has 7 heteroatoms. The summed E-state index contributed by atoms with van der Waals surface area (Å²) < 4.78 is 13.1. The summed E-state index contributed by atoms with van der Waals surface area (Å²) >= 11 is 0. The maximum Gasteiger partial charge on any atom is 0.251 e. The largest absolute Gasteiger partial charge is 0.350 e. The molecule has 1 aliphatic rings. The van der Waals surface area contributed by atoms with Gasteiger partial charge in [-0.25, -0.2) is 4.39 Å². The molecule has 1 saturated heterocycles. The van der Waals surface area contributed by atoms with Crippen LogP contribution in [0.25, 0.3) is 0 Å². The number of halogens is 1. The Balaban J connectivity index is 1.47. The van der Waals surface area contributed by atoms with Gasteiger partial charge in [-0.2, -0.15) is 0 Å². The third kappa shape index (κ3) is 4.91. The first-order valence-corrected chi connectivity index (χ1v) is 8.73. The van der Waals surface area contributed by atoms with Crippen molar-refractivity contribution in [1.82, 2.24) is 10.6 Å². The number of rotatable bonds is 6.